The van der Waals surface area contributed by atoms with Gasteiger partial charge in [0.25, 0.3) is 0 Å². The molecule has 0 saturated heterocycles. The zero-order valence-electron chi connectivity index (χ0n) is 13.3. The average Bonchev–Trinajstić information content (AvgIpc) is 3.03. The van der Waals surface area contributed by atoms with E-state index in [0.29, 0.717) is 6.04 Å². The molecule has 0 heterocycles. The van der Waals surface area contributed by atoms with Crippen LogP contribution in [-0.4, -0.2) is 42.3 Å². The fourth-order valence-corrected chi connectivity index (χ4v) is 2.85. The summed E-state index contributed by atoms with van der Waals surface area (Å²) in [5.74, 6) is 0.853. The molecule has 0 radical (unpaired) electrons. The van der Waals surface area contributed by atoms with E-state index in [1.54, 1.807) is 0 Å². The van der Waals surface area contributed by atoms with Gasteiger partial charge in [0.1, 0.15) is 5.60 Å². The first kappa shape index (κ1) is 15.6. The lowest BCUT2D eigenvalue weighted by Crippen LogP contribution is -2.42. The number of hydrogen-bond donors (Lipinski definition) is 1. The van der Waals surface area contributed by atoms with Crippen LogP contribution in [0.2, 0.25) is 0 Å². The topological polar surface area (TPSA) is 41.6 Å². The predicted molar refractivity (Wildman–Crippen MR) is 80.8 cm³/mol. The maximum Gasteiger partial charge on any atom is 0.410 e. The second-order valence-corrected chi connectivity index (χ2v) is 7.26. The standard InChI is InChI=1S/C16H30N2O2/c1-16(2,3)20-15(19)18(14-8-9-14)11-10-17-12-13-6-4-5-7-13/h13-14,17H,4-12H2,1-3H3. The van der Waals surface area contributed by atoms with Crippen LogP contribution in [0.3, 0.4) is 0 Å². The van der Waals surface area contributed by atoms with E-state index in [1.165, 1.54) is 25.7 Å². The molecule has 0 aromatic carbocycles. The highest BCUT2D eigenvalue weighted by molar-refractivity contribution is 5.69. The average molecular weight is 282 g/mol. The normalized spacial score (nSPS) is 20.1. The van der Waals surface area contributed by atoms with Crippen LogP contribution in [0, 0.1) is 5.92 Å². The molecule has 2 saturated carbocycles. The molecule has 0 aromatic heterocycles. The smallest absolute Gasteiger partial charge is 0.410 e. The first-order valence-electron chi connectivity index (χ1n) is 8.16. The van der Waals surface area contributed by atoms with Gasteiger partial charge in [-0.15, -0.1) is 0 Å². The van der Waals surface area contributed by atoms with E-state index in [2.05, 4.69) is 5.32 Å². The van der Waals surface area contributed by atoms with Gasteiger partial charge in [0.15, 0.2) is 0 Å². The molecule has 0 spiro atoms. The molecule has 20 heavy (non-hydrogen) atoms. The van der Waals surface area contributed by atoms with Crippen LogP contribution in [0.4, 0.5) is 4.79 Å². The molecule has 1 amide bonds. The lowest BCUT2D eigenvalue weighted by atomic mass is 10.1. The predicted octanol–water partition coefficient (Wildman–Crippen LogP) is 3.17. The molecule has 116 valence electrons. The Hall–Kier alpha value is -0.770. The molecular formula is C16H30N2O2. The Bertz CT molecular complexity index is 315. The van der Waals surface area contributed by atoms with E-state index in [1.807, 2.05) is 25.7 Å². The zero-order valence-corrected chi connectivity index (χ0v) is 13.3. The molecule has 2 rings (SSSR count). The minimum Gasteiger partial charge on any atom is -0.444 e. The summed E-state index contributed by atoms with van der Waals surface area (Å²) in [6.07, 6.45) is 7.61. The molecule has 0 unspecified atom stereocenters. The fourth-order valence-electron chi connectivity index (χ4n) is 2.85. The van der Waals surface area contributed by atoms with Crippen molar-refractivity contribution in [1.29, 1.82) is 0 Å². The Kier molecular flexibility index (Phi) is 5.30. The minimum absolute atomic E-state index is 0.150. The van der Waals surface area contributed by atoms with Crippen LogP contribution in [0.5, 0.6) is 0 Å². The van der Waals surface area contributed by atoms with Crippen molar-refractivity contribution in [1.82, 2.24) is 10.2 Å². The molecule has 0 aromatic rings. The third-order valence-electron chi connectivity index (χ3n) is 4.05. The number of ether oxygens (including phenoxy) is 1. The van der Waals surface area contributed by atoms with Crippen LogP contribution in [0.1, 0.15) is 59.3 Å². The fraction of sp³-hybridized carbons (Fsp3) is 0.938. The van der Waals surface area contributed by atoms with Gasteiger partial charge in [-0.05, 0) is 58.9 Å². The van der Waals surface area contributed by atoms with Gasteiger partial charge in [-0.25, -0.2) is 4.79 Å². The van der Waals surface area contributed by atoms with Gasteiger partial charge in [0.2, 0.25) is 0 Å². The monoisotopic (exact) mass is 282 g/mol. The molecule has 4 heteroatoms. The number of hydrogen-bond acceptors (Lipinski definition) is 3. The summed E-state index contributed by atoms with van der Waals surface area (Å²) in [5, 5.41) is 3.51. The third kappa shape index (κ3) is 5.31. The molecular weight excluding hydrogens is 252 g/mol. The molecule has 2 aliphatic rings. The Morgan fingerprint density at radius 1 is 1.20 bits per heavy atom. The summed E-state index contributed by atoms with van der Waals surface area (Å²) >= 11 is 0. The summed E-state index contributed by atoms with van der Waals surface area (Å²) in [4.78, 5) is 14.1. The van der Waals surface area contributed by atoms with E-state index in [9.17, 15) is 4.79 Å². The van der Waals surface area contributed by atoms with Crippen molar-refractivity contribution in [3.63, 3.8) is 0 Å². The van der Waals surface area contributed by atoms with Crippen molar-refractivity contribution in [2.45, 2.75) is 70.9 Å². The van der Waals surface area contributed by atoms with Crippen LogP contribution in [0.25, 0.3) is 0 Å². The molecule has 4 nitrogen and oxygen atoms in total. The molecule has 2 aliphatic carbocycles. The van der Waals surface area contributed by atoms with E-state index < -0.39 is 5.60 Å². The zero-order chi connectivity index (χ0) is 14.6. The van der Waals surface area contributed by atoms with Gasteiger partial charge in [0, 0.05) is 19.1 Å². The largest absolute Gasteiger partial charge is 0.444 e. The van der Waals surface area contributed by atoms with Gasteiger partial charge in [-0.3, -0.25) is 0 Å². The summed E-state index contributed by atoms with van der Waals surface area (Å²) in [6.45, 7) is 8.53. The lowest BCUT2D eigenvalue weighted by molar-refractivity contribution is 0.0235. The van der Waals surface area contributed by atoms with Crippen molar-refractivity contribution in [3.8, 4) is 0 Å². The molecule has 0 atom stereocenters. The van der Waals surface area contributed by atoms with Crippen LogP contribution in [0.15, 0.2) is 0 Å². The van der Waals surface area contributed by atoms with Crippen molar-refractivity contribution >= 4 is 6.09 Å². The SMILES string of the molecule is CC(C)(C)OC(=O)N(CCNCC1CCCC1)C1CC1. The third-order valence-corrected chi connectivity index (χ3v) is 4.05. The molecule has 0 aliphatic heterocycles. The Balaban J connectivity index is 1.68. The van der Waals surface area contributed by atoms with E-state index in [-0.39, 0.29) is 6.09 Å². The van der Waals surface area contributed by atoms with E-state index in [0.717, 1.165) is 38.4 Å². The number of carbonyl (C=O) groups excluding carboxylic acids is 1. The summed E-state index contributed by atoms with van der Waals surface area (Å²) in [6, 6.07) is 0.415. The number of nitrogens with one attached hydrogen (secondary N) is 1. The highest BCUT2D eigenvalue weighted by Crippen LogP contribution is 2.28. The maximum absolute atomic E-state index is 12.2. The summed E-state index contributed by atoms with van der Waals surface area (Å²) in [5.41, 5.74) is -0.401. The van der Waals surface area contributed by atoms with Gasteiger partial charge in [-0.2, -0.15) is 0 Å². The highest BCUT2D eigenvalue weighted by atomic mass is 16.6. The van der Waals surface area contributed by atoms with Crippen LogP contribution in [-0.2, 0) is 4.74 Å². The second kappa shape index (κ2) is 6.79. The first-order chi connectivity index (χ1) is 9.46. The second-order valence-electron chi connectivity index (χ2n) is 7.26. The van der Waals surface area contributed by atoms with E-state index >= 15 is 0 Å². The summed E-state index contributed by atoms with van der Waals surface area (Å²) < 4.78 is 5.49. The first-order valence-corrected chi connectivity index (χ1v) is 8.16. The van der Waals surface area contributed by atoms with Gasteiger partial charge >= 0.3 is 6.09 Å². The van der Waals surface area contributed by atoms with Gasteiger partial charge < -0.3 is 15.0 Å². The van der Waals surface area contributed by atoms with Crippen molar-refractivity contribution in [2.24, 2.45) is 5.92 Å². The van der Waals surface area contributed by atoms with Crippen molar-refractivity contribution in [3.05, 3.63) is 0 Å². The Morgan fingerprint density at radius 3 is 2.40 bits per heavy atom. The summed E-state index contributed by atoms with van der Waals surface area (Å²) in [7, 11) is 0. The van der Waals surface area contributed by atoms with Crippen LogP contribution >= 0.6 is 0 Å². The van der Waals surface area contributed by atoms with Crippen molar-refractivity contribution < 1.29 is 9.53 Å². The quantitative estimate of drug-likeness (QED) is 0.761. The lowest BCUT2D eigenvalue weighted by Gasteiger charge is -2.27. The van der Waals surface area contributed by atoms with Crippen molar-refractivity contribution in [2.75, 3.05) is 19.6 Å². The number of rotatable bonds is 6. The Morgan fingerprint density at radius 2 is 1.85 bits per heavy atom. The maximum atomic E-state index is 12.2. The molecule has 0 bridgehead atoms. The highest BCUT2D eigenvalue weighted by Gasteiger charge is 2.34. The molecule has 2 fully saturated rings. The Labute approximate surface area is 123 Å². The van der Waals surface area contributed by atoms with Gasteiger partial charge in [0.05, 0.1) is 0 Å². The number of carbonyl (C=O) groups is 1. The van der Waals surface area contributed by atoms with Gasteiger partial charge in [-0.1, -0.05) is 12.8 Å². The number of amides is 1. The van der Waals surface area contributed by atoms with E-state index in [4.69, 9.17) is 4.74 Å². The minimum atomic E-state index is -0.401. The number of nitrogens with zero attached hydrogens (tertiary/aromatic N) is 1. The van der Waals surface area contributed by atoms with Crippen LogP contribution < -0.4 is 5.32 Å². The molecule has 1 N–H and O–H groups in total.